The van der Waals surface area contributed by atoms with Crippen molar-refractivity contribution in [3.05, 3.63) is 29.8 Å². The maximum Gasteiger partial charge on any atom is 0.240 e. The van der Waals surface area contributed by atoms with E-state index in [2.05, 4.69) is 14.9 Å². The Labute approximate surface area is 162 Å². The summed E-state index contributed by atoms with van der Waals surface area (Å²) in [7, 11) is -3.47. The van der Waals surface area contributed by atoms with Crippen LogP contribution in [-0.2, 0) is 14.8 Å². The third-order valence-electron chi connectivity index (χ3n) is 5.65. The van der Waals surface area contributed by atoms with Crippen molar-refractivity contribution in [1.29, 1.82) is 0 Å². The number of aryl methyl sites for hydroxylation is 1. The zero-order valence-corrected chi connectivity index (χ0v) is 17.0. The Hall–Kier alpha value is -1.48. The first kappa shape index (κ1) is 20.3. The van der Waals surface area contributed by atoms with Crippen molar-refractivity contribution in [3.63, 3.8) is 0 Å². The Morgan fingerprint density at radius 1 is 1.19 bits per heavy atom. The van der Waals surface area contributed by atoms with Crippen LogP contribution in [0.5, 0.6) is 0 Å². The molecule has 1 unspecified atom stereocenters. The number of carbonyl (C=O) groups is 1. The van der Waals surface area contributed by atoms with Crippen molar-refractivity contribution < 1.29 is 13.2 Å². The molecule has 2 N–H and O–H groups in total. The SMILES string of the molecule is Cc1ccc(S(=O)(=O)NCCN2CCN(C(=O)C(C)C3CNC3)CC2)cc1. The van der Waals surface area contributed by atoms with E-state index in [1.807, 2.05) is 18.7 Å². The molecule has 1 amide bonds. The van der Waals surface area contributed by atoms with Gasteiger partial charge >= 0.3 is 0 Å². The molecule has 2 aliphatic rings. The van der Waals surface area contributed by atoms with Gasteiger partial charge in [0, 0.05) is 45.2 Å². The highest BCUT2D eigenvalue weighted by molar-refractivity contribution is 7.89. The van der Waals surface area contributed by atoms with E-state index in [9.17, 15) is 13.2 Å². The molecule has 8 heteroatoms. The molecule has 0 saturated carbocycles. The van der Waals surface area contributed by atoms with Gasteiger partial charge in [0.15, 0.2) is 0 Å². The summed E-state index contributed by atoms with van der Waals surface area (Å²) >= 11 is 0. The number of nitrogens with one attached hydrogen (secondary N) is 2. The van der Waals surface area contributed by atoms with Gasteiger partial charge in [0.05, 0.1) is 4.90 Å². The fourth-order valence-corrected chi connectivity index (χ4v) is 4.51. The summed E-state index contributed by atoms with van der Waals surface area (Å²) in [6, 6.07) is 6.85. The molecule has 2 aliphatic heterocycles. The molecule has 0 bridgehead atoms. The molecule has 2 fully saturated rings. The first-order valence-corrected chi connectivity index (χ1v) is 11.1. The lowest BCUT2D eigenvalue weighted by molar-refractivity contribution is -0.139. The average Bonchev–Trinajstić information content (AvgIpc) is 2.60. The molecular weight excluding hydrogens is 364 g/mol. The quantitative estimate of drug-likeness (QED) is 0.694. The van der Waals surface area contributed by atoms with Crippen molar-refractivity contribution in [3.8, 4) is 0 Å². The third kappa shape index (κ3) is 5.07. The number of rotatable bonds is 7. The van der Waals surface area contributed by atoms with Gasteiger partial charge < -0.3 is 10.2 Å². The summed E-state index contributed by atoms with van der Waals surface area (Å²) in [5, 5.41) is 3.22. The minimum absolute atomic E-state index is 0.0825. The molecule has 1 aromatic rings. The van der Waals surface area contributed by atoms with Crippen LogP contribution in [0.15, 0.2) is 29.2 Å². The highest BCUT2D eigenvalue weighted by Crippen LogP contribution is 2.19. The normalized spacial score (nSPS) is 20.3. The van der Waals surface area contributed by atoms with Gasteiger partial charge in [-0.05, 0) is 38.1 Å². The lowest BCUT2D eigenvalue weighted by atomic mass is 9.88. The van der Waals surface area contributed by atoms with Gasteiger partial charge in [-0.15, -0.1) is 0 Å². The number of nitrogens with zero attached hydrogens (tertiary/aromatic N) is 2. The first-order chi connectivity index (χ1) is 12.9. The minimum Gasteiger partial charge on any atom is -0.340 e. The van der Waals surface area contributed by atoms with Crippen LogP contribution < -0.4 is 10.0 Å². The largest absolute Gasteiger partial charge is 0.340 e. The van der Waals surface area contributed by atoms with Crippen molar-refractivity contribution >= 4 is 15.9 Å². The molecule has 0 aromatic heterocycles. The van der Waals surface area contributed by atoms with E-state index in [1.165, 1.54) is 0 Å². The maximum absolute atomic E-state index is 12.6. The second-order valence-corrected chi connectivity index (χ2v) is 9.35. The topological polar surface area (TPSA) is 81.8 Å². The number of sulfonamides is 1. The van der Waals surface area contributed by atoms with Crippen LogP contribution in [0.2, 0.25) is 0 Å². The molecule has 2 saturated heterocycles. The first-order valence-electron chi connectivity index (χ1n) is 9.65. The predicted octanol–water partition coefficient (Wildman–Crippen LogP) is 0.273. The van der Waals surface area contributed by atoms with Crippen LogP contribution in [0.3, 0.4) is 0 Å². The molecule has 0 spiro atoms. The van der Waals surface area contributed by atoms with E-state index in [1.54, 1.807) is 24.3 Å². The van der Waals surface area contributed by atoms with Gasteiger partial charge in [0.25, 0.3) is 0 Å². The number of benzene rings is 1. The molecule has 1 atom stereocenters. The van der Waals surface area contributed by atoms with Crippen LogP contribution >= 0.6 is 0 Å². The van der Waals surface area contributed by atoms with Crippen molar-refractivity contribution in [2.75, 3.05) is 52.4 Å². The Morgan fingerprint density at radius 3 is 2.37 bits per heavy atom. The molecule has 3 rings (SSSR count). The highest BCUT2D eigenvalue weighted by atomic mass is 32.2. The zero-order chi connectivity index (χ0) is 19.4. The molecule has 1 aromatic carbocycles. The Morgan fingerprint density at radius 2 is 1.81 bits per heavy atom. The third-order valence-corrected chi connectivity index (χ3v) is 7.12. The van der Waals surface area contributed by atoms with Crippen LogP contribution in [0.25, 0.3) is 0 Å². The summed E-state index contributed by atoms with van der Waals surface area (Å²) < 4.78 is 27.3. The van der Waals surface area contributed by atoms with E-state index >= 15 is 0 Å². The van der Waals surface area contributed by atoms with Gasteiger partial charge in [0.2, 0.25) is 15.9 Å². The van der Waals surface area contributed by atoms with E-state index in [-0.39, 0.29) is 11.8 Å². The highest BCUT2D eigenvalue weighted by Gasteiger charge is 2.32. The second kappa shape index (κ2) is 8.68. The van der Waals surface area contributed by atoms with E-state index in [4.69, 9.17) is 0 Å². The molecule has 0 radical (unpaired) electrons. The van der Waals surface area contributed by atoms with Crippen LogP contribution in [-0.4, -0.2) is 76.5 Å². The van der Waals surface area contributed by atoms with Crippen molar-refractivity contribution in [2.45, 2.75) is 18.7 Å². The zero-order valence-electron chi connectivity index (χ0n) is 16.1. The van der Waals surface area contributed by atoms with Gasteiger partial charge in [-0.2, -0.15) is 0 Å². The second-order valence-electron chi connectivity index (χ2n) is 7.58. The number of hydrogen-bond donors (Lipinski definition) is 2. The number of piperazine rings is 1. The van der Waals surface area contributed by atoms with E-state index in [0.717, 1.165) is 31.7 Å². The summed E-state index contributed by atoms with van der Waals surface area (Å²) in [4.78, 5) is 17.0. The van der Waals surface area contributed by atoms with Gasteiger partial charge in [-0.3, -0.25) is 9.69 Å². The molecule has 2 heterocycles. The van der Waals surface area contributed by atoms with Crippen molar-refractivity contribution in [2.24, 2.45) is 11.8 Å². The number of carbonyl (C=O) groups excluding carboxylic acids is 1. The monoisotopic (exact) mass is 394 g/mol. The molecule has 7 nitrogen and oxygen atoms in total. The molecular formula is C19H30N4O3S. The summed E-state index contributed by atoms with van der Waals surface area (Å²) in [5.74, 6) is 0.798. The van der Waals surface area contributed by atoms with E-state index in [0.29, 0.717) is 37.0 Å². The summed E-state index contributed by atoms with van der Waals surface area (Å²) in [6.07, 6.45) is 0. The average molecular weight is 395 g/mol. The fourth-order valence-electron chi connectivity index (χ4n) is 3.48. The maximum atomic E-state index is 12.6. The summed E-state index contributed by atoms with van der Waals surface area (Å²) in [6.45, 7) is 9.85. The molecule has 0 aliphatic carbocycles. The van der Waals surface area contributed by atoms with Crippen molar-refractivity contribution in [1.82, 2.24) is 19.8 Å². The Bertz CT molecular complexity index is 739. The lowest BCUT2D eigenvalue weighted by Crippen LogP contribution is -2.55. The fraction of sp³-hybridized carbons (Fsp3) is 0.632. The summed E-state index contributed by atoms with van der Waals surface area (Å²) in [5.41, 5.74) is 1.03. The molecule has 27 heavy (non-hydrogen) atoms. The predicted molar refractivity (Wildman–Crippen MR) is 105 cm³/mol. The van der Waals surface area contributed by atoms with Crippen LogP contribution in [0, 0.1) is 18.8 Å². The number of hydrogen-bond acceptors (Lipinski definition) is 5. The smallest absolute Gasteiger partial charge is 0.240 e. The number of amides is 1. The van der Waals surface area contributed by atoms with Gasteiger partial charge in [-0.1, -0.05) is 24.6 Å². The lowest BCUT2D eigenvalue weighted by Gasteiger charge is -2.39. The van der Waals surface area contributed by atoms with Crippen LogP contribution in [0.1, 0.15) is 12.5 Å². The van der Waals surface area contributed by atoms with Gasteiger partial charge in [-0.25, -0.2) is 13.1 Å². The Kier molecular flexibility index (Phi) is 6.52. The standard InChI is InChI=1S/C19H30N4O3S/c1-15-3-5-18(6-4-15)27(25,26)21-7-8-22-9-11-23(12-10-22)19(24)16(2)17-13-20-14-17/h3-6,16-17,20-21H,7-14H2,1-2H3. The van der Waals surface area contributed by atoms with E-state index < -0.39 is 10.0 Å². The van der Waals surface area contributed by atoms with Gasteiger partial charge in [0.1, 0.15) is 0 Å². The van der Waals surface area contributed by atoms with Crippen LogP contribution in [0.4, 0.5) is 0 Å². The molecule has 150 valence electrons. The minimum atomic E-state index is -3.47. The Balaban J connectivity index is 1.40.